The first-order valence-electron chi connectivity index (χ1n) is 9.31. The quantitative estimate of drug-likeness (QED) is 0.428. The summed E-state index contributed by atoms with van der Waals surface area (Å²) in [4.78, 5) is 13.4. The number of phenols is 1. The lowest BCUT2D eigenvalue weighted by atomic mass is 9.86. The highest BCUT2D eigenvalue weighted by Crippen LogP contribution is 2.36. The molecule has 3 heteroatoms. The zero-order valence-corrected chi connectivity index (χ0v) is 16.2. The van der Waals surface area contributed by atoms with Crippen LogP contribution < -0.4 is 0 Å². The molecule has 140 valence electrons. The highest BCUT2D eigenvalue weighted by molar-refractivity contribution is 6.19. The molecule has 1 heterocycles. The molecule has 4 aromatic rings. The van der Waals surface area contributed by atoms with Gasteiger partial charge in [0.2, 0.25) is 0 Å². The summed E-state index contributed by atoms with van der Waals surface area (Å²) in [7, 11) is 0. The van der Waals surface area contributed by atoms with Crippen molar-refractivity contribution in [2.45, 2.75) is 26.2 Å². The van der Waals surface area contributed by atoms with Gasteiger partial charge in [0.1, 0.15) is 17.1 Å². The van der Waals surface area contributed by atoms with Gasteiger partial charge >= 0.3 is 0 Å². The van der Waals surface area contributed by atoms with Gasteiger partial charge in [-0.15, -0.1) is 0 Å². The van der Waals surface area contributed by atoms with Crippen molar-refractivity contribution >= 4 is 16.8 Å². The van der Waals surface area contributed by atoms with Crippen LogP contribution in [-0.4, -0.2) is 10.9 Å². The van der Waals surface area contributed by atoms with E-state index in [1.807, 2.05) is 48.5 Å². The zero-order chi connectivity index (χ0) is 19.9. The Morgan fingerprint density at radius 1 is 0.857 bits per heavy atom. The van der Waals surface area contributed by atoms with E-state index in [2.05, 4.69) is 20.8 Å². The first-order valence-corrected chi connectivity index (χ1v) is 9.31. The molecule has 1 N–H and O–H groups in total. The van der Waals surface area contributed by atoms with Gasteiger partial charge in [-0.1, -0.05) is 63.2 Å². The molecular formula is C25H22O3. The van der Waals surface area contributed by atoms with Crippen molar-refractivity contribution in [3.8, 4) is 17.1 Å². The number of hydrogen-bond acceptors (Lipinski definition) is 3. The third-order valence-corrected chi connectivity index (χ3v) is 4.97. The molecule has 3 nitrogen and oxygen atoms in total. The summed E-state index contributed by atoms with van der Waals surface area (Å²) in [5.74, 6) is 0.616. The second-order valence-electron chi connectivity index (χ2n) is 8.01. The molecule has 3 aromatic carbocycles. The van der Waals surface area contributed by atoms with E-state index in [0.29, 0.717) is 22.5 Å². The van der Waals surface area contributed by atoms with E-state index in [0.717, 1.165) is 10.9 Å². The second kappa shape index (κ2) is 6.68. The van der Waals surface area contributed by atoms with Crippen molar-refractivity contribution < 1.29 is 14.3 Å². The average Bonchev–Trinajstić information content (AvgIpc) is 3.07. The molecule has 0 radical (unpaired) electrons. The lowest BCUT2D eigenvalue weighted by molar-refractivity contribution is 0.104. The average molecular weight is 370 g/mol. The SMILES string of the molecule is CC(C)(C)c1ccc(C(=O)c2c(-c3ccc(O)cc3)oc3ccccc23)cc1. The van der Waals surface area contributed by atoms with E-state index in [4.69, 9.17) is 4.42 Å². The predicted octanol–water partition coefficient (Wildman–Crippen LogP) is 6.33. The number of para-hydroxylation sites is 1. The van der Waals surface area contributed by atoms with E-state index >= 15 is 0 Å². The molecule has 0 atom stereocenters. The van der Waals surface area contributed by atoms with Crippen molar-refractivity contribution in [1.29, 1.82) is 0 Å². The molecule has 0 spiro atoms. The number of carbonyl (C=O) groups excluding carboxylic acids is 1. The summed E-state index contributed by atoms with van der Waals surface area (Å²) in [6.07, 6.45) is 0. The number of ketones is 1. The summed E-state index contributed by atoms with van der Waals surface area (Å²) >= 11 is 0. The van der Waals surface area contributed by atoms with Gasteiger partial charge in [-0.2, -0.15) is 0 Å². The van der Waals surface area contributed by atoms with Crippen molar-refractivity contribution in [1.82, 2.24) is 0 Å². The molecule has 0 saturated carbocycles. The molecule has 0 bridgehead atoms. The first kappa shape index (κ1) is 18.1. The minimum Gasteiger partial charge on any atom is -0.508 e. The van der Waals surface area contributed by atoms with Crippen LogP contribution in [0.3, 0.4) is 0 Å². The minimum absolute atomic E-state index is 0.0289. The molecule has 0 unspecified atom stereocenters. The van der Waals surface area contributed by atoms with E-state index in [1.54, 1.807) is 24.3 Å². The van der Waals surface area contributed by atoms with Crippen molar-refractivity contribution in [2.24, 2.45) is 0 Å². The van der Waals surface area contributed by atoms with Crippen molar-refractivity contribution in [2.75, 3.05) is 0 Å². The lowest BCUT2D eigenvalue weighted by Crippen LogP contribution is -2.11. The van der Waals surface area contributed by atoms with Gasteiger partial charge in [-0.3, -0.25) is 4.79 Å². The standard InChI is InChI=1S/C25H22O3/c1-25(2,3)18-12-8-16(9-13-18)23(27)22-20-6-4-5-7-21(20)28-24(22)17-10-14-19(26)15-11-17/h4-15,26H,1-3H3. The number of hydrogen-bond donors (Lipinski definition) is 1. The molecule has 0 aliphatic rings. The largest absolute Gasteiger partial charge is 0.508 e. The monoisotopic (exact) mass is 370 g/mol. The van der Waals surface area contributed by atoms with Crippen LogP contribution in [0.25, 0.3) is 22.3 Å². The van der Waals surface area contributed by atoms with Gasteiger partial charge < -0.3 is 9.52 Å². The van der Waals surface area contributed by atoms with Gasteiger partial charge in [0.25, 0.3) is 0 Å². The summed E-state index contributed by atoms with van der Waals surface area (Å²) in [6.45, 7) is 6.45. The highest BCUT2D eigenvalue weighted by Gasteiger charge is 2.23. The molecule has 0 aliphatic carbocycles. The Morgan fingerprint density at radius 2 is 1.50 bits per heavy atom. The summed E-state index contributed by atoms with van der Waals surface area (Å²) in [5.41, 5.74) is 3.80. The topological polar surface area (TPSA) is 50.4 Å². The zero-order valence-electron chi connectivity index (χ0n) is 16.2. The lowest BCUT2D eigenvalue weighted by Gasteiger charge is -2.19. The fraction of sp³-hybridized carbons (Fsp3) is 0.160. The molecule has 0 amide bonds. The maximum atomic E-state index is 13.4. The predicted molar refractivity (Wildman–Crippen MR) is 112 cm³/mol. The Morgan fingerprint density at radius 3 is 2.14 bits per heavy atom. The maximum absolute atomic E-state index is 13.4. The van der Waals surface area contributed by atoms with Crippen molar-refractivity contribution in [3.05, 3.63) is 89.5 Å². The third-order valence-electron chi connectivity index (χ3n) is 4.97. The highest BCUT2D eigenvalue weighted by atomic mass is 16.3. The van der Waals surface area contributed by atoms with Crippen LogP contribution in [0.4, 0.5) is 0 Å². The van der Waals surface area contributed by atoms with E-state index in [-0.39, 0.29) is 16.9 Å². The molecular weight excluding hydrogens is 348 g/mol. The Bertz CT molecular complexity index is 1140. The number of carbonyl (C=O) groups is 1. The van der Waals surface area contributed by atoms with Crippen LogP contribution >= 0.6 is 0 Å². The fourth-order valence-electron chi connectivity index (χ4n) is 3.35. The minimum atomic E-state index is -0.0755. The molecule has 0 fully saturated rings. The van der Waals surface area contributed by atoms with Gasteiger partial charge in [0, 0.05) is 16.5 Å². The van der Waals surface area contributed by atoms with Crippen LogP contribution in [0.5, 0.6) is 5.75 Å². The molecule has 0 saturated heterocycles. The molecule has 28 heavy (non-hydrogen) atoms. The van der Waals surface area contributed by atoms with Crippen LogP contribution in [-0.2, 0) is 5.41 Å². The summed E-state index contributed by atoms with van der Waals surface area (Å²) < 4.78 is 6.04. The van der Waals surface area contributed by atoms with Crippen LogP contribution in [0.1, 0.15) is 42.3 Å². The van der Waals surface area contributed by atoms with E-state index in [1.165, 1.54) is 5.56 Å². The van der Waals surface area contributed by atoms with Gasteiger partial charge in [-0.05, 0) is 41.3 Å². The Hall–Kier alpha value is -3.33. The van der Waals surface area contributed by atoms with Crippen molar-refractivity contribution in [3.63, 3.8) is 0 Å². The van der Waals surface area contributed by atoms with E-state index in [9.17, 15) is 9.90 Å². The molecule has 1 aromatic heterocycles. The van der Waals surface area contributed by atoms with Crippen LogP contribution in [0.15, 0.2) is 77.2 Å². The normalized spacial score (nSPS) is 11.7. The Kier molecular flexibility index (Phi) is 4.31. The third kappa shape index (κ3) is 3.20. The smallest absolute Gasteiger partial charge is 0.197 e. The summed E-state index contributed by atoms with van der Waals surface area (Å²) in [5, 5.41) is 10.4. The Labute approximate surface area is 164 Å². The second-order valence-corrected chi connectivity index (χ2v) is 8.01. The van der Waals surface area contributed by atoms with E-state index < -0.39 is 0 Å². The number of aromatic hydroxyl groups is 1. The van der Waals surface area contributed by atoms with Gasteiger partial charge in [0.05, 0.1) is 5.56 Å². The fourth-order valence-corrected chi connectivity index (χ4v) is 3.35. The summed E-state index contributed by atoms with van der Waals surface area (Å²) in [6, 6.07) is 22.0. The number of rotatable bonds is 3. The van der Waals surface area contributed by atoms with Gasteiger partial charge in [-0.25, -0.2) is 0 Å². The van der Waals surface area contributed by atoms with Gasteiger partial charge in [0.15, 0.2) is 5.78 Å². The molecule has 4 rings (SSSR count). The number of benzene rings is 3. The maximum Gasteiger partial charge on any atom is 0.197 e. The first-order chi connectivity index (χ1) is 13.3. The van der Waals surface area contributed by atoms with Crippen LogP contribution in [0.2, 0.25) is 0 Å². The Balaban J connectivity index is 1.86. The van der Waals surface area contributed by atoms with Crippen LogP contribution in [0, 0.1) is 0 Å². The number of fused-ring (bicyclic) bond motifs is 1. The number of phenolic OH excluding ortho intramolecular Hbond substituents is 1. The molecule has 0 aliphatic heterocycles. The number of furan rings is 1.